The summed E-state index contributed by atoms with van der Waals surface area (Å²) in [6.07, 6.45) is 4.14. The molecule has 1 nitrogen and oxygen atoms in total. The van der Waals surface area contributed by atoms with Gasteiger partial charge in [0.05, 0.1) is 6.04 Å². The van der Waals surface area contributed by atoms with Gasteiger partial charge in [-0.3, -0.25) is 0 Å². The molecule has 2 heteroatoms. The number of hydrogen-bond donors (Lipinski definition) is 1. The van der Waals surface area contributed by atoms with Gasteiger partial charge in [0.2, 0.25) is 0 Å². The molecule has 1 saturated heterocycles. The van der Waals surface area contributed by atoms with Gasteiger partial charge in [0, 0.05) is 11.8 Å². The van der Waals surface area contributed by atoms with Crippen LogP contribution in [-0.2, 0) is 0 Å². The lowest BCUT2D eigenvalue weighted by Gasteiger charge is -2.26. The minimum atomic E-state index is 0.301. The van der Waals surface area contributed by atoms with Crippen LogP contribution in [0.3, 0.4) is 0 Å². The molecule has 1 heterocycles. The normalized spacial score (nSPS) is 18.8. The van der Waals surface area contributed by atoms with Crippen LogP contribution in [0.15, 0.2) is 60.7 Å². The first kappa shape index (κ1) is 14.7. The minimum absolute atomic E-state index is 0.301. The van der Waals surface area contributed by atoms with E-state index in [-0.39, 0.29) is 0 Å². The van der Waals surface area contributed by atoms with E-state index in [1.807, 2.05) is 0 Å². The first-order chi connectivity index (χ1) is 10.4. The highest BCUT2D eigenvalue weighted by Gasteiger charge is 2.18. The van der Waals surface area contributed by atoms with E-state index in [1.54, 1.807) is 0 Å². The molecular weight excluding hydrogens is 274 g/mol. The monoisotopic (exact) mass is 297 g/mol. The van der Waals surface area contributed by atoms with E-state index in [0.29, 0.717) is 6.04 Å². The number of thioether (sulfide) groups is 1. The molecule has 1 N–H and O–H groups in total. The summed E-state index contributed by atoms with van der Waals surface area (Å²) in [6.45, 7) is 1.10. The van der Waals surface area contributed by atoms with Crippen LogP contribution in [-0.4, -0.2) is 17.5 Å². The van der Waals surface area contributed by atoms with Gasteiger partial charge in [0.15, 0.2) is 0 Å². The SMILES string of the molecule is c1ccc(C(NCC2CCCCS2)c2ccccc2)cc1. The summed E-state index contributed by atoms with van der Waals surface area (Å²) in [6, 6.07) is 21.9. The predicted molar refractivity (Wildman–Crippen MR) is 92.8 cm³/mol. The molecule has 110 valence electrons. The Hall–Kier alpha value is -1.25. The van der Waals surface area contributed by atoms with Crippen molar-refractivity contribution in [3.63, 3.8) is 0 Å². The molecule has 1 unspecified atom stereocenters. The third-order valence-electron chi connectivity index (χ3n) is 4.09. The van der Waals surface area contributed by atoms with E-state index in [2.05, 4.69) is 77.7 Å². The van der Waals surface area contributed by atoms with E-state index in [4.69, 9.17) is 0 Å². The lowest BCUT2D eigenvalue weighted by atomic mass is 9.98. The van der Waals surface area contributed by atoms with Crippen molar-refractivity contribution in [2.75, 3.05) is 12.3 Å². The Morgan fingerprint density at radius 1 is 0.905 bits per heavy atom. The van der Waals surface area contributed by atoms with Gasteiger partial charge in [-0.15, -0.1) is 0 Å². The maximum Gasteiger partial charge on any atom is 0.0577 e. The van der Waals surface area contributed by atoms with E-state index in [9.17, 15) is 0 Å². The van der Waals surface area contributed by atoms with Crippen LogP contribution in [0.5, 0.6) is 0 Å². The van der Waals surface area contributed by atoms with Crippen LogP contribution in [0.4, 0.5) is 0 Å². The number of rotatable bonds is 5. The second kappa shape index (κ2) is 7.67. The van der Waals surface area contributed by atoms with Gasteiger partial charge in [-0.1, -0.05) is 67.1 Å². The largest absolute Gasteiger partial charge is 0.305 e. The molecule has 3 rings (SSSR count). The molecule has 1 atom stereocenters. The zero-order chi connectivity index (χ0) is 14.3. The van der Waals surface area contributed by atoms with E-state index in [0.717, 1.165) is 11.8 Å². The lowest BCUT2D eigenvalue weighted by Crippen LogP contribution is -2.30. The van der Waals surface area contributed by atoms with Crippen molar-refractivity contribution in [1.82, 2.24) is 5.32 Å². The highest BCUT2D eigenvalue weighted by molar-refractivity contribution is 7.99. The van der Waals surface area contributed by atoms with Crippen LogP contribution in [0.2, 0.25) is 0 Å². The Kier molecular flexibility index (Phi) is 5.36. The van der Waals surface area contributed by atoms with Gasteiger partial charge in [-0.05, 0) is 29.7 Å². The molecular formula is C19H23NS. The molecule has 2 aromatic rings. The van der Waals surface area contributed by atoms with Gasteiger partial charge in [0.25, 0.3) is 0 Å². The number of benzene rings is 2. The molecule has 0 amide bonds. The van der Waals surface area contributed by atoms with Crippen LogP contribution < -0.4 is 5.32 Å². The zero-order valence-corrected chi connectivity index (χ0v) is 13.2. The zero-order valence-electron chi connectivity index (χ0n) is 12.4. The van der Waals surface area contributed by atoms with Crippen molar-refractivity contribution in [1.29, 1.82) is 0 Å². The molecule has 1 fully saturated rings. The Morgan fingerprint density at radius 3 is 2.05 bits per heavy atom. The minimum Gasteiger partial charge on any atom is -0.305 e. The van der Waals surface area contributed by atoms with Crippen LogP contribution in [0.1, 0.15) is 36.4 Å². The molecule has 21 heavy (non-hydrogen) atoms. The van der Waals surface area contributed by atoms with Gasteiger partial charge in [-0.2, -0.15) is 11.8 Å². The van der Waals surface area contributed by atoms with Gasteiger partial charge in [0.1, 0.15) is 0 Å². The third-order valence-corrected chi connectivity index (χ3v) is 5.49. The Labute approximate surface area is 132 Å². The van der Waals surface area contributed by atoms with Crippen molar-refractivity contribution in [2.24, 2.45) is 0 Å². The number of hydrogen-bond acceptors (Lipinski definition) is 2. The first-order valence-electron chi connectivity index (χ1n) is 7.88. The topological polar surface area (TPSA) is 12.0 Å². The van der Waals surface area contributed by atoms with Crippen molar-refractivity contribution >= 4 is 11.8 Å². The standard InChI is InChI=1S/C19H23NS/c1-3-9-16(10-4-1)19(17-11-5-2-6-12-17)20-15-18-13-7-8-14-21-18/h1-6,9-12,18-20H,7-8,13-15H2. The Balaban J connectivity index is 1.73. The fourth-order valence-electron chi connectivity index (χ4n) is 2.94. The summed E-state index contributed by atoms with van der Waals surface area (Å²) in [4.78, 5) is 0. The Bertz CT molecular complexity index is 480. The molecule has 0 spiro atoms. The van der Waals surface area contributed by atoms with E-state index < -0.39 is 0 Å². The second-order valence-corrected chi connectivity index (χ2v) is 7.06. The molecule has 0 radical (unpaired) electrons. The molecule has 1 aliphatic heterocycles. The number of nitrogens with one attached hydrogen (secondary N) is 1. The van der Waals surface area contributed by atoms with Crippen LogP contribution in [0.25, 0.3) is 0 Å². The summed E-state index contributed by atoms with van der Waals surface area (Å²) in [5.41, 5.74) is 2.70. The van der Waals surface area contributed by atoms with Crippen molar-refractivity contribution in [3.05, 3.63) is 71.8 Å². The maximum absolute atomic E-state index is 3.80. The fraction of sp³-hybridized carbons (Fsp3) is 0.368. The average Bonchev–Trinajstić information content (AvgIpc) is 2.58. The Morgan fingerprint density at radius 2 is 1.52 bits per heavy atom. The van der Waals surface area contributed by atoms with Gasteiger partial charge in [-0.25, -0.2) is 0 Å². The highest BCUT2D eigenvalue weighted by Crippen LogP contribution is 2.27. The quantitative estimate of drug-likeness (QED) is 0.862. The second-order valence-electron chi connectivity index (χ2n) is 5.65. The van der Waals surface area contributed by atoms with E-state index >= 15 is 0 Å². The van der Waals surface area contributed by atoms with Crippen molar-refractivity contribution in [2.45, 2.75) is 30.6 Å². The van der Waals surface area contributed by atoms with Crippen molar-refractivity contribution < 1.29 is 0 Å². The van der Waals surface area contributed by atoms with Crippen LogP contribution in [0, 0.1) is 0 Å². The summed E-state index contributed by atoms with van der Waals surface area (Å²) >= 11 is 2.13. The smallest absolute Gasteiger partial charge is 0.0577 e. The molecule has 0 saturated carbocycles. The lowest BCUT2D eigenvalue weighted by molar-refractivity contribution is 0.557. The molecule has 2 aromatic carbocycles. The summed E-state index contributed by atoms with van der Waals surface area (Å²) in [5.74, 6) is 1.33. The molecule has 0 bridgehead atoms. The average molecular weight is 297 g/mol. The maximum atomic E-state index is 3.80. The van der Waals surface area contributed by atoms with Gasteiger partial charge < -0.3 is 5.32 Å². The molecule has 1 aliphatic rings. The highest BCUT2D eigenvalue weighted by atomic mass is 32.2. The summed E-state index contributed by atoms with van der Waals surface area (Å²) in [7, 11) is 0. The summed E-state index contributed by atoms with van der Waals surface area (Å²) < 4.78 is 0. The van der Waals surface area contributed by atoms with E-state index in [1.165, 1.54) is 36.1 Å². The predicted octanol–water partition coefficient (Wildman–Crippen LogP) is 4.65. The van der Waals surface area contributed by atoms with Crippen molar-refractivity contribution in [3.8, 4) is 0 Å². The first-order valence-corrected chi connectivity index (χ1v) is 8.93. The van der Waals surface area contributed by atoms with Gasteiger partial charge >= 0.3 is 0 Å². The van der Waals surface area contributed by atoms with Crippen LogP contribution >= 0.6 is 11.8 Å². The molecule has 0 aromatic heterocycles. The fourth-order valence-corrected chi connectivity index (χ4v) is 4.19. The summed E-state index contributed by atoms with van der Waals surface area (Å²) in [5, 5.41) is 4.57. The third kappa shape index (κ3) is 4.12. The molecule has 0 aliphatic carbocycles.